The predicted octanol–water partition coefficient (Wildman–Crippen LogP) is 5.64. The van der Waals surface area contributed by atoms with Crippen molar-refractivity contribution in [3.8, 4) is 5.75 Å². The van der Waals surface area contributed by atoms with E-state index in [-0.39, 0.29) is 0 Å². The van der Waals surface area contributed by atoms with Gasteiger partial charge in [0, 0.05) is 0 Å². The third-order valence-electron chi connectivity index (χ3n) is 3.76. The molecular weight excluding hydrogens is 232 g/mol. The van der Waals surface area contributed by atoms with Crippen LogP contribution in [0.15, 0.2) is 18.2 Å². The predicted molar refractivity (Wildman–Crippen MR) is 83.8 cm³/mol. The maximum Gasteiger partial charge on any atom is 0.118 e. The van der Waals surface area contributed by atoms with Gasteiger partial charge in [-0.15, -0.1) is 0 Å². The summed E-state index contributed by atoms with van der Waals surface area (Å²) in [6.07, 6.45) is 12.4. The molecule has 19 heavy (non-hydrogen) atoms. The highest BCUT2D eigenvalue weighted by Crippen LogP contribution is 2.22. The molecule has 0 bridgehead atoms. The number of aromatic hydroxyl groups is 1. The van der Waals surface area contributed by atoms with E-state index in [0.717, 1.165) is 18.4 Å². The van der Waals surface area contributed by atoms with Crippen LogP contribution < -0.4 is 0 Å². The summed E-state index contributed by atoms with van der Waals surface area (Å²) in [6.45, 7) is 4.48. The summed E-state index contributed by atoms with van der Waals surface area (Å²) >= 11 is 0. The average molecular weight is 262 g/mol. The van der Waals surface area contributed by atoms with Gasteiger partial charge in [0.1, 0.15) is 5.75 Å². The van der Waals surface area contributed by atoms with Crippen LogP contribution in [-0.4, -0.2) is 5.11 Å². The normalized spacial score (nSPS) is 10.8. The molecule has 1 aromatic carbocycles. The first-order chi connectivity index (χ1) is 9.27. The van der Waals surface area contributed by atoms with Crippen molar-refractivity contribution in [2.24, 2.45) is 0 Å². The number of hydrogen-bond donors (Lipinski definition) is 1. The molecule has 1 N–H and O–H groups in total. The first-order valence-electron chi connectivity index (χ1n) is 8.08. The molecule has 108 valence electrons. The molecule has 0 spiro atoms. The molecule has 1 aromatic rings. The Labute approximate surface area is 119 Å². The Morgan fingerprint density at radius 1 is 0.789 bits per heavy atom. The van der Waals surface area contributed by atoms with Crippen LogP contribution in [0.1, 0.15) is 76.3 Å². The van der Waals surface area contributed by atoms with Gasteiger partial charge in [-0.2, -0.15) is 0 Å². The smallest absolute Gasteiger partial charge is 0.118 e. The molecule has 0 atom stereocenters. The van der Waals surface area contributed by atoms with Gasteiger partial charge in [0.05, 0.1) is 0 Å². The van der Waals surface area contributed by atoms with Crippen LogP contribution >= 0.6 is 0 Å². The first kappa shape index (κ1) is 16.1. The third kappa shape index (κ3) is 6.66. The van der Waals surface area contributed by atoms with Gasteiger partial charge in [0.25, 0.3) is 0 Å². The lowest BCUT2D eigenvalue weighted by Crippen LogP contribution is -1.92. The Kier molecular flexibility index (Phi) is 8.36. The van der Waals surface area contributed by atoms with Crippen molar-refractivity contribution in [2.45, 2.75) is 78.1 Å². The highest BCUT2D eigenvalue weighted by atomic mass is 16.3. The maximum absolute atomic E-state index is 9.90. The second-order valence-corrected chi connectivity index (χ2v) is 5.58. The Bertz CT molecular complexity index is 344. The molecule has 0 heterocycles. The number of phenolic OH excluding ortho intramolecular Hbond substituents is 1. The van der Waals surface area contributed by atoms with Gasteiger partial charge in [0.15, 0.2) is 0 Å². The van der Waals surface area contributed by atoms with Gasteiger partial charge in [-0.3, -0.25) is 0 Å². The van der Waals surface area contributed by atoms with E-state index >= 15 is 0 Å². The molecular formula is C18H30O. The van der Waals surface area contributed by atoms with Crippen molar-refractivity contribution in [3.63, 3.8) is 0 Å². The zero-order valence-corrected chi connectivity index (χ0v) is 12.8. The van der Waals surface area contributed by atoms with Crippen LogP contribution in [0.2, 0.25) is 0 Å². The van der Waals surface area contributed by atoms with Crippen LogP contribution in [0.3, 0.4) is 0 Å². The van der Waals surface area contributed by atoms with E-state index in [1.165, 1.54) is 56.9 Å². The molecule has 0 aliphatic rings. The van der Waals surface area contributed by atoms with Crippen LogP contribution in [0.25, 0.3) is 0 Å². The molecule has 0 saturated heterocycles. The average Bonchev–Trinajstić information content (AvgIpc) is 2.42. The fraction of sp³-hybridized carbons (Fsp3) is 0.667. The monoisotopic (exact) mass is 262 g/mol. The van der Waals surface area contributed by atoms with Gasteiger partial charge >= 0.3 is 0 Å². The summed E-state index contributed by atoms with van der Waals surface area (Å²) in [7, 11) is 0. The van der Waals surface area contributed by atoms with E-state index in [0.29, 0.717) is 5.75 Å². The van der Waals surface area contributed by atoms with Crippen LogP contribution in [-0.2, 0) is 12.8 Å². The molecule has 1 nitrogen and oxygen atoms in total. The SMILES string of the molecule is CCCCCCc1ccc(O)c(CCCCCC)c1. The standard InChI is InChI=1S/C18H30O/c1-3-5-7-9-11-16-13-14-18(19)17(15-16)12-10-8-6-4-2/h13-15,19H,3-12H2,1-2H3. The minimum Gasteiger partial charge on any atom is -0.508 e. The van der Waals surface area contributed by atoms with E-state index in [4.69, 9.17) is 0 Å². The van der Waals surface area contributed by atoms with Crippen molar-refractivity contribution in [3.05, 3.63) is 29.3 Å². The van der Waals surface area contributed by atoms with Crippen molar-refractivity contribution in [1.82, 2.24) is 0 Å². The van der Waals surface area contributed by atoms with E-state index < -0.39 is 0 Å². The van der Waals surface area contributed by atoms with Crippen LogP contribution in [0.4, 0.5) is 0 Å². The van der Waals surface area contributed by atoms with Crippen molar-refractivity contribution in [1.29, 1.82) is 0 Å². The lowest BCUT2D eigenvalue weighted by Gasteiger charge is -2.08. The number of unbranched alkanes of at least 4 members (excludes halogenated alkanes) is 6. The Balaban J connectivity index is 2.42. The molecule has 0 unspecified atom stereocenters. The Morgan fingerprint density at radius 2 is 1.42 bits per heavy atom. The second-order valence-electron chi connectivity index (χ2n) is 5.58. The minimum absolute atomic E-state index is 0.480. The number of hydrogen-bond acceptors (Lipinski definition) is 1. The number of rotatable bonds is 10. The maximum atomic E-state index is 9.90. The van der Waals surface area contributed by atoms with Crippen molar-refractivity contribution >= 4 is 0 Å². The fourth-order valence-electron chi connectivity index (χ4n) is 2.49. The number of benzene rings is 1. The topological polar surface area (TPSA) is 20.2 Å². The number of phenols is 1. The molecule has 0 saturated carbocycles. The summed E-state index contributed by atoms with van der Waals surface area (Å²) in [5.74, 6) is 0.480. The molecule has 0 aliphatic heterocycles. The van der Waals surface area contributed by atoms with Crippen LogP contribution in [0, 0.1) is 0 Å². The van der Waals surface area contributed by atoms with Gasteiger partial charge in [0.2, 0.25) is 0 Å². The lowest BCUT2D eigenvalue weighted by atomic mass is 10.00. The quantitative estimate of drug-likeness (QED) is 0.541. The molecule has 0 fully saturated rings. The summed E-state index contributed by atoms with van der Waals surface area (Å²) in [6, 6.07) is 6.17. The molecule has 0 aromatic heterocycles. The molecule has 1 rings (SSSR count). The summed E-state index contributed by atoms with van der Waals surface area (Å²) in [4.78, 5) is 0. The Hall–Kier alpha value is -0.980. The number of aryl methyl sites for hydroxylation is 2. The van der Waals surface area contributed by atoms with Gasteiger partial charge in [-0.1, -0.05) is 64.5 Å². The van der Waals surface area contributed by atoms with E-state index in [1.54, 1.807) is 0 Å². The highest BCUT2D eigenvalue weighted by Gasteiger charge is 2.03. The molecule has 0 radical (unpaired) electrons. The third-order valence-corrected chi connectivity index (χ3v) is 3.76. The first-order valence-corrected chi connectivity index (χ1v) is 8.08. The molecule has 1 heteroatoms. The highest BCUT2D eigenvalue weighted by molar-refractivity contribution is 5.36. The van der Waals surface area contributed by atoms with E-state index in [9.17, 15) is 5.11 Å². The fourth-order valence-corrected chi connectivity index (χ4v) is 2.49. The zero-order valence-electron chi connectivity index (χ0n) is 12.8. The van der Waals surface area contributed by atoms with Crippen LogP contribution in [0.5, 0.6) is 5.75 Å². The second kappa shape index (κ2) is 9.89. The van der Waals surface area contributed by atoms with Gasteiger partial charge < -0.3 is 5.11 Å². The summed E-state index contributed by atoms with van der Waals surface area (Å²) in [5.41, 5.74) is 2.53. The van der Waals surface area contributed by atoms with E-state index in [1.807, 2.05) is 6.07 Å². The Morgan fingerprint density at radius 3 is 2.05 bits per heavy atom. The van der Waals surface area contributed by atoms with Crippen molar-refractivity contribution < 1.29 is 5.11 Å². The summed E-state index contributed by atoms with van der Waals surface area (Å²) < 4.78 is 0. The molecule has 0 amide bonds. The lowest BCUT2D eigenvalue weighted by molar-refractivity contribution is 0.466. The van der Waals surface area contributed by atoms with Gasteiger partial charge in [-0.25, -0.2) is 0 Å². The van der Waals surface area contributed by atoms with Crippen molar-refractivity contribution in [2.75, 3.05) is 0 Å². The van der Waals surface area contributed by atoms with Gasteiger partial charge in [-0.05, 0) is 42.9 Å². The summed E-state index contributed by atoms with van der Waals surface area (Å²) in [5, 5.41) is 9.90. The zero-order chi connectivity index (χ0) is 13.9. The minimum atomic E-state index is 0.480. The molecule has 0 aliphatic carbocycles. The van der Waals surface area contributed by atoms with E-state index in [2.05, 4.69) is 26.0 Å². The largest absolute Gasteiger partial charge is 0.508 e.